The molecule has 3 aliphatic rings. The number of nitrogens with one attached hydrogen (secondary N) is 2. The summed E-state index contributed by atoms with van der Waals surface area (Å²) in [6, 6.07) is 0.0704. The average molecular weight is 308 g/mol. The molecule has 0 saturated heterocycles. The largest absolute Gasteiger partial charge is 0.481 e. The molecule has 22 heavy (non-hydrogen) atoms. The number of carboxylic acids is 1. The van der Waals surface area contributed by atoms with E-state index in [4.69, 9.17) is 5.11 Å². The van der Waals surface area contributed by atoms with Crippen LogP contribution in [-0.2, 0) is 4.79 Å². The van der Waals surface area contributed by atoms with Crippen LogP contribution in [-0.4, -0.2) is 29.7 Å². The third-order valence-corrected chi connectivity index (χ3v) is 6.33. The van der Waals surface area contributed by atoms with E-state index >= 15 is 0 Å². The number of urea groups is 1. The van der Waals surface area contributed by atoms with Crippen LogP contribution in [0.3, 0.4) is 0 Å². The molecule has 0 radical (unpaired) electrons. The molecule has 5 heteroatoms. The molecule has 0 bridgehead atoms. The highest BCUT2D eigenvalue weighted by Crippen LogP contribution is 2.53. The van der Waals surface area contributed by atoms with E-state index in [1.54, 1.807) is 0 Å². The van der Waals surface area contributed by atoms with Crippen molar-refractivity contribution in [3.8, 4) is 0 Å². The van der Waals surface area contributed by atoms with Gasteiger partial charge in [-0.05, 0) is 62.7 Å². The molecule has 3 rings (SSSR count). The molecule has 0 atom stereocenters. The van der Waals surface area contributed by atoms with Crippen LogP contribution in [0.15, 0.2) is 0 Å². The van der Waals surface area contributed by atoms with E-state index in [0.29, 0.717) is 18.3 Å². The van der Waals surface area contributed by atoms with E-state index in [-0.39, 0.29) is 18.0 Å². The smallest absolute Gasteiger partial charge is 0.315 e. The van der Waals surface area contributed by atoms with Gasteiger partial charge >= 0.3 is 12.0 Å². The summed E-state index contributed by atoms with van der Waals surface area (Å²) in [5.41, 5.74) is 0.385. The highest BCUT2D eigenvalue weighted by molar-refractivity contribution is 5.74. The summed E-state index contributed by atoms with van der Waals surface area (Å²) in [5, 5.41) is 15.1. The Hall–Kier alpha value is -1.26. The van der Waals surface area contributed by atoms with Crippen LogP contribution in [0.4, 0.5) is 4.79 Å². The minimum Gasteiger partial charge on any atom is -0.481 e. The second-order valence-corrected chi connectivity index (χ2v) is 7.56. The topological polar surface area (TPSA) is 78.4 Å². The lowest BCUT2D eigenvalue weighted by Crippen LogP contribution is -2.52. The third kappa shape index (κ3) is 3.23. The van der Waals surface area contributed by atoms with E-state index in [0.717, 1.165) is 25.3 Å². The lowest BCUT2D eigenvalue weighted by molar-refractivity contribution is -0.142. The van der Waals surface area contributed by atoms with Gasteiger partial charge in [0, 0.05) is 12.6 Å². The second kappa shape index (κ2) is 6.47. The standard InChI is InChI=1S/C17H28N2O3/c20-15(21)12-5-7-14(8-6-12)19-16(22)18-11-17(9-2-10-17)13-3-1-4-13/h12-14H,1-11H2,(H,20,21)(H2,18,19,22). The van der Waals surface area contributed by atoms with Crippen LogP contribution in [0.2, 0.25) is 0 Å². The van der Waals surface area contributed by atoms with Gasteiger partial charge in [-0.25, -0.2) is 4.79 Å². The first-order chi connectivity index (χ1) is 10.6. The van der Waals surface area contributed by atoms with Gasteiger partial charge < -0.3 is 15.7 Å². The minimum atomic E-state index is -0.699. The molecule has 2 amide bonds. The molecule has 0 spiro atoms. The van der Waals surface area contributed by atoms with Gasteiger partial charge in [0.25, 0.3) is 0 Å². The van der Waals surface area contributed by atoms with Crippen molar-refractivity contribution in [1.29, 1.82) is 0 Å². The fourth-order valence-corrected chi connectivity index (χ4v) is 4.36. The first-order valence-corrected chi connectivity index (χ1v) is 8.86. The molecule has 0 heterocycles. The minimum absolute atomic E-state index is 0.0654. The molecule has 3 N–H and O–H groups in total. The maximum absolute atomic E-state index is 12.1. The van der Waals surface area contributed by atoms with E-state index in [9.17, 15) is 9.59 Å². The highest BCUT2D eigenvalue weighted by atomic mass is 16.4. The molecule has 3 aliphatic carbocycles. The zero-order valence-corrected chi connectivity index (χ0v) is 13.3. The lowest BCUT2D eigenvalue weighted by Gasteiger charge is -2.51. The molecule has 5 nitrogen and oxygen atoms in total. The maximum Gasteiger partial charge on any atom is 0.315 e. The number of hydrogen-bond donors (Lipinski definition) is 3. The Bertz CT molecular complexity index is 422. The van der Waals surface area contributed by atoms with Crippen molar-refractivity contribution >= 4 is 12.0 Å². The summed E-state index contributed by atoms with van der Waals surface area (Å²) < 4.78 is 0. The maximum atomic E-state index is 12.1. The van der Waals surface area contributed by atoms with Crippen molar-refractivity contribution in [2.45, 2.75) is 70.3 Å². The molecular weight excluding hydrogens is 280 g/mol. The van der Waals surface area contributed by atoms with Gasteiger partial charge in [-0.1, -0.05) is 12.8 Å². The SMILES string of the molecule is O=C(NCC1(C2CCC2)CCC1)NC1CCC(C(=O)O)CC1. The van der Waals surface area contributed by atoms with Gasteiger partial charge in [0.1, 0.15) is 0 Å². The van der Waals surface area contributed by atoms with Crippen molar-refractivity contribution in [3.63, 3.8) is 0 Å². The van der Waals surface area contributed by atoms with Crippen molar-refractivity contribution in [1.82, 2.24) is 10.6 Å². The first kappa shape index (κ1) is 15.6. The van der Waals surface area contributed by atoms with Crippen LogP contribution in [0.25, 0.3) is 0 Å². The average Bonchev–Trinajstić information content (AvgIpc) is 2.40. The van der Waals surface area contributed by atoms with Crippen molar-refractivity contribution < 1.29 is 14.7 Å². The van der Waals surface area contributed by atoms with Crippen molar-refractivity contribution in [3.05, 3.63) is 0 Å². The summed E-state index contributed by atoms with van der Waals surface area (Å²) in [7, 11) is 0. The lowest BCUT2D eigenvalue weighted by atomic mass is 9.55. The van der Waals surface area contributed by atoms with Crippen LogP contribution >= 0.6 is 0 Å². The van der Waals surface area contributed by atoms with Gasteiger partial charge in [0.15, 0.2) is 0 Å². The summed E-state index contributed by atoms with van der Waals surface area (Å²) in [5.74, 6) is -0.0964. The van der Waals surface area contributed by atoms with Crippen molar-refractivity contribution in [2.24, 2.45) is 17.3 Å². The Morgan fingerprint density at radius 1 is 1.00 bits per heavy atom. The molecule has 124 valence electrons. The van der Waals surface area contributed by atoms with Gasteiger partial charge in [0.05, 0.1) is 5.92 Å². The summed E-state index contributed by atoms with van der Waals surface area (Å²) in [6.45, 7) is 0.813. The number of hydrogen-bond acceptors (Lipinski definition) is 2. The van der Waals surface area contributed by atoms with E-state index in [2.05, 4.69) is 10.6 Å². The molecule has 3 fully saturated rings. The predicted octanol–water partition coefficient (Wildman–Crippen LogP) is 2.90. The molecule has 0 aliphatic heterocycles. The fraction of sp³-hybridized carbons (Fsp3) is 0.882. The van der Waals surface area contributed by atoms with Crippen LogP contribution in [0, 0.1) is 17.3 Å². The molecule has 0 aromatic heterocycles. The quantitative estimate of drug-likeness (QED) is 0.730. The van der Waals surface area contributed by atoms with E-state index < -0.39 is 5.97 Å². The van der Waals surface area contributed by atoms with Gasteiger partial charge in [0.2, 0.25) is 0 Å². The number of aliphatic carboxylic acids is 1. The van der Waals surface area contributed by atoms with E-state index in [1.807, 2.05) is 0 Å². The van der Waals surface area contributed by atoms with Crippen LogP contribution < -0.4 is 10.6 Å². The fourth-order valence-electron chi connectivity index (χ4n) is 4.36. The number of rotatable bonds is 5. The van der Waals surface area contributed by atoms with Gasteiger partial charge in [-0.3, -0.25) is 4.79 Å². The predicted molar refractivity (Wildman–Crippen MR) is 83.5 cm³/mol. The third-order valence-electron chi connectivity index (χ3n) is 6.33. The Morgan fingerprint density at radius 3 is 2.14 bits per heavy atom. The summed E-state index contributed by atoms with van der Waals surface area (Å²) in [4.78, 5) is 23.0. The van der Waals surface area contributed by atoms with Gasteiger partial charge in [-0.2, -0.15) is 0 Å². The zero-order chi connectivity index (χ0) is 15.6. The Kier molecular flexibility index (Phi) is 4.59. The Labute approximate surface area is 132 Å². The highest BCUT2D eigenvalue weighted by Gasteiger charge is 2.46. The molecule has 0 unspecified atom stereocenters. The monoisotopic (exact) mass is 308 g/mol. The zero-order valence-electron chi connectivity index (χ0n) is 13.3. The van der Waals surface area contributed by atoms with E-state index in [1.165, 1.54) is 38.5 Å². The molecule has 3 saturated carbocycles. The summed E-state index contributed by atoms with van der Waals surface area (Å²) >= 11 is 0. The molecule has 0 aromatic rings. The first-order valence-electron chi connectivity index (χ1n) is 8.86. The second-order valence-electron chi connectivity index (χ2n) is 7.56. The number of carboxylic acid groups (broad SMARTS) is 1. The Balaban J connectivity index is 1.39. The van der Waals surface area contributed by atoms with Crippen molar-refractivity contribution in [2.75, 3.05) is 6.54 Å². The van der Waals surface area contributed by atoms with Crippen LogP contribution in [0.5, 0.6) is 0 Å². The summed E-state index contributed by atoms with van der Waals surface area (Å²) in [6.07, 6.45) is 10.8. The normalized spacial score (nSPS) is 30.7. The number of carbonyl (C=O) groups is 2. The van der Waals surface area contributed by atoms with Gasteiger partial charge in [-0.15, -0.1) is 0 Å². The number of carbonyl (C=O) groups excluding carboxylic acids is 1. The van der Waals surface area contributed by atoms with Crippen LogP contribution in [0.1, 0.15) is 64.2 Å². The number of amides is 2. The Morgan fingerprint density at radius 2 is 1.68 bits per heavy atom. The molecule has 0 aromatic carbocycles. The molecular formula is C17H28N2O3.